The smallest absolute Gasteiger partial charge is 0.292 e. The molecule has 144 valence electrons. The summed E-state index contributed by atoms with van der Waals surface area (Å²) in [7, 11) is -1.77. The second-order valence-corrected chi connectivity index (χ2v) is 8.68. The maximum absolute atomic E-state index is 12.2. The molecule has 11 heteroatoms. The van der Waals surface area contributed by atoms with Crippen LogP contribution >= 0.6 is 12.2 Å². The van der Waals surface area contributed by atoms with Crippen molar-refractivity contribution in [3.05, 3.63) is 36.2 Å². The van der Waals surface area contributed by atoms with Gasteiger partial charge in [-0.15, -0.1) is 0 Å². The number of hydrogen-bond donors (Lipinski definition) is 4. The third-order valence-electron chi connectivity index (χ3n) is 3.63. The van der Waals surface area contributed by atoms with Crippen LogP contribution in [0.3, 0.4) is 0 Å². The minimum absolute atomic E-state index is 0.0487. The van der Waals surface area contributed by atoms with Crippen LogP contribution < -0.4 is 21.9 Å². The van der Waals surface area contributed by atoms with Crippen molar-refractivity contribution in [3.63, 3.8) is 0 Å². The van der Waals surface area contributed by atoms with Crippen molar-refractivity contribution in [1.29, 1.82) is 0 Å². The van der Waals surface area contributed by atoms with E-state index in [2.05, 4.69) is 26.1 Å². The van der Waals surface area contributed by atoms with Crippen LogP contribution in [0.15, 0.2) is 35.4 Å². The van der Waals surface area contributed by atoms with Crippen LogP contribution in [0.2, 0.25) is 0 Å². The molecular formula is C16H20N6O3S2. The van der Waals surface area contributed by atoms with Gasteiger partial charge in [0.15, 0.2) is 26.5 Å². The molecule has 0 aliphatic heterocycles. The zero-order chi connectivity index (χ0) is 20.2. The lowest BCUT2D eigenvalue weighted by Crippen LogP contribution is -2.46. The highest BCUT2D eigenvalue weighted by molar-refractivity contribution is 7.92. The molecule has 0 atom stereocenters. The molecule has 0 spiro atoms. The number of thiocarbonyl (C=S) groups is 1. The zero-order valence-electron chi connectivity index (χ0n) is 15.0. The van der Waals surface area contributed by atoms with E-state index in [-0.39, 0.29) is 21.5 Å². The van der Waals surface area contributed by atoms with Gasteiger partial charge in [0.25, 0.3) is 5.91 Å². The van der Waals surface area contributed by atoms with Gasteiger partial charge in [0.05, 0.1) is 22.0 Å². The first-order valence-electron chi connectivity index (χ1n) is 7.91. The number of benzene rings is 1. The van der Waals surface area contributed by atoms with Crippen LogP contribution in [-0.2, 0) is 9.84 Å². The lowest BCUT2D eigenvalue weighted by Gasteiger charge is -2.11. The van der Waals surface area contributed by atoms with Gasteiger partial charge in [0.2, 0.25) is 0 Å². The summed E-state index contributed by atoms with van der Waals surface area (Å²) in [4.78, 5) is 20.6. The summed E-state index contributed by atoms with van der Waals surface area (Å²) in [5.41, 5.74) is 11.5. The Bertz CT molecular complexity index is 959. The molecule has 0 unspecified atom stereocenters. The molecule has 1 amide bonds. The lowest BCUT2D eigenvalue weighted by atomic mass is 10.1. The molecule has 0 aliphatic carbocycles. The fraction of sp³-hybridized carbons (Fsp3) is 0.250. The third kappa shape index (κ3) is 4.68. The van der Waals surface area contributed by atoms with Gasteiger partial charge in [-0.1, -0.05) is 12.1 Å². The number of nitrogens with one attached hydrogen (secondary N) is 3. The van der Waals surface area contributed by atoms with Gasteiger partial charge in [-0.3, -0.25) is 15.6 Å². The van der Waals surface area contributed by atoms with E-state index in [1.54, 1.807) is 33.0 Å². The van der Waals surface area contributed by atoms with Crippen molar-refractivity contribution in [2.24, 2.45) is 0 Å². The number of carbonyl (C=O) groups excluding carboxylic acids is 1. The number of amides is 1. The zero-order valence-corrected chi connectivity index (χ0v) is 16.6. The summed E-state index contributed by atoms with van der Waals surface area (Å²) >= 11 is 4.87. The van der Waals surface area contributed by atoms with Gasteiger partial charge in [-0.05, 0) is 38.2 Å². The monoisotopic (exact) mass is 408 g/mol. The summed E-state index contributed by atoms with van der Waals surface area (Å²) in [5, 5.41) is 2.33. The third-order valence-corrected chi connectivity index (χ3v) is 6.11. The van der Waals surface area contributed by atoms with E-state index in [0.29, 0.717) is 11.3 Å². The molecule has 1 aromatic carbocycles. The number of nitrogen functional groups attached to an aromatic ring is 1. The second-order valence-electron chi connectivity index (χ2n) is 5.77. The summed E-state index contributed by atoms with van der Waals surface area (Å²) < 4.78 is 24.4. The number of rotatable bonds is 4. The minimum Gasteiger partial charge on any atom is -0.382 e. The van der Waals surface area contributed by atoms with Crippen LogP contribution in [0.4, 0.5) is 5.82 Å². The van der Waals surface area contributed by atoms with E-state index in [1.807, 2.05) is 0 Å². The highest BCUT2D eigenvalue weighted by atomic mass is 32.2. The van der Waals surface area contributed by atoms with Crippen molar-refractivity contribution >= 4 is 38.9 Å². The Kier molecular flexibility index (Phi) is 6.28. The van der Waals surface area contributed by atoms with Crippen LogP contribution in [0, 0.1) is 0 Å². The molecule has 2 rings (SSSR count). The van der Waals surface area contributed by atoms with Crippen molar-refractivity contribution in [2.45, 2.75) is 24.0 Å². The summed E-state index contributed by atoms with van der Waals surface area (Å²) in [6.45, 7) is 3.24. The molecule has 0 saturated carbocycles. The summed E-state index contributed by atoms with van der Waals surface area (Å²) in [6, 6.07) is 6.20. The van der Waals surface area contributed by atoms with Gasteiger partial charge in [0, 0.05) is 12.6 Å². The number of nitrogens with zero attached hydrogens (tertiary/aromatic N) is 2. The van der Waals surface area contributed by atoms with Crippen molar-refractivity contribution in [1.82, 2.24) is 26.1 Å². The van der Waals surface area contributed by atoms with E-state index >= 15 is 0 Å². The number of aromatic nitrogens is 2. The predicted octanol–water partition coefficient (Wildman–Crippen LogP) is 0.647. The van der Waals surface area contributed by atoms with Crippen molar-refractivity contribution < 1.29 is 13.2 Å². The van der Waals surface area contributed by atoms with Crippen LogP contribution in [0.5, 0.6) is 0 Å². The van der Waals surface area contributed by atoms with Crippen molar-refractivity contribution in [3.8, 4) is 11.3 Å². The topological polar surface area (TPSA) is 139 Å². The highest BCUT2D eigenvalue weighted by Gasteiger charge is 2.19. The van der Waals surface area contributed by atoms with E-state index in [0.717, 1.165) is 0 Å². The lowest BCUT2D eigenvalue weighted by molar-refractivity contribution is 0.0939. The van der Waals surface area contributed by atoms with Crippen LogP contribution in [0.25, 0.3) is 11.3 Å². The Balaban J connectivity index is 2.30. The molecule has 0 fully saturated rings. The SMILES string of the molecule is CNC(=S)NNC(=O)c1nc(-c2ccc(S(=O)(=O)C(C)C)cc2)cnc1N. The standard InChI is InChI=1S/C16H20N6O3S2/c1-9(2)27(24,25)11-6-4-10(5-7-11)12-8-19-14(17)13(20-12)15(23)21-22-16(26)18-3/h4-9H,1-3H3,(H2,17,19)(H,21,23)(H2,18,22,26). The van der Waals surface area contributed by atoms with Crippen LogP contribution in [-0.4, -0.2) is 41.7 Å². The number of hydrogen-bond acceptors (Lipinski definition) is 7. The highest BCUT2D eigenvalue weighted by Crippen LogP contribution is 2.22. The number of sulfone groups is 1. The Morgan fingerprint density at radius 1 is 1.19 bits per heavy atom. The fourth-order valence-corrected chi connectivity index (χ4v) is 3.14. The quantitative estimate of drug-likeness (QED) is 0.424. The number of anilines is 1. The van der Waals surface area contributed by atoms with Gasteiger partial charge in [-0.25, -0.2) is 18.4 Å². The number of hydrazine groups is 1. The van der Waals surface area contributed by atoms with E-state index in [4.69, 9.17) is 18.0 Å². The minimum atomic E-state index is -3.37. The van der Waals surface area contributed by atoms with Gasteiger partial charge in [-0.2, -0.15) is 0 Å². The molecule has 0 aliphatic rings. The molecule has 2 aromatic rings. The maximum atomic E-state index is 12.2. The molecule has 1 aromatic heterocycles. The molecule has 1 heterocycles. The molecule has 5 N–H and O–H groups in total. The maximum Gasteiger partial charge on any atom is 0.292 e. The predicted molar refractivity (Wildman–Crippen MR) is 106 cm³/mol. The fourth-order valence-electron chi connectivity index (χ4n) is 2.03. The Labute approximate surface area is 162 Å². The average molecular weight is 409 g/mol. The van der Waals surface area contributed by atoms with Gasteiger partial charge < -0.3 is 11.1 Å². The number of carbonyl (C=O) groups is 1. The first-order valence-corrected chi connectivity index (χ1v) is 9.87. The first-order chi connectivity index (χ1) is 12.7. The molecule has 9 nitrogen and oxygen atoms in total. The Morgan fingerprint density at radius 3 is 2.37 bits per heavy atom. The van der Waals surface area contributed by atoms with Crippen LogP contribution in [0.1, 0.15) is 24.3 Å². The van der Waals surface area contributed by atoms with Crippen molar-refractivity contribution in [2.75, 3.05) is 12.8 Å². The first kappa shape index (κ1) is 20.5. The Hall–Kier alpha value is -2.79. The summed E-state index contributed by atoms with van der Waals surface area (Å²) in [5.74, 6) is -0.661. The second kappa shape index (κ2) is 8.27. The van der Waals surface area contributed by atoms with E-state index in [9.17, 15) is 13.2 Å². The molecule has 0 bridgehead atoms. The Morgan fingerprint density at radius 2 is 1.81 bits per heavy atom. The molecule has 27 heavy (non-hydrogen) atoms. The average Bonchev–Trinajstić information content (AvgIpc) is 2.66. The normalized spacial score (nSPS) is 11.1. The largest absolute Gasteiger partial charge is 0.382 e. The number of nitrogens with two attached hydrogens (primary N) is 1. The summed E-state index contributed by atoms with van der Waals surface area (Å²) in [6.07, 6.45) is 1.41. The van der Waals surface area contributed by atoms with E-state index in [1.165, 1.54) is 18.3 Å². The van der Waals surface area contributed by atoms with Gasteiger partial charge in [0.1, 0.15) is 0 Å². The molecule has 0 saturated heterocycles. The molecule has 0 radical (unpaired) electrons. The van der Waals surface area contributed by atoms with E-state index < -0.39 is 21.0 Å². The molecular weight excluding hydrogens is 388 g/mol. The van der Waals surface area contributed by atoms with Gasteiger partial charge >= 0.3 is 0 Å².